The summed E-state index contributed by atoms with van der Waals surface area (Å²) in [7, 11) is 2.82. The summed E-state index contributed by atoms with van der Waals surface area (Å²) in [5, 5.41) is 11.9. The fourth-order valence-electron chi connectivity index (χ4n) is 4.49. The van der Waals surface area contributed by atoms with Gasteiger partial charge in [0, 0.05) is 35.7 Å². The van der Waals surface area contributed by atoms with Gasteiger partial charge in [-0.3, -0.25) is 15.0 Å². The van der Waals surface area contributed by atoms with Crippen molar-refractivity contribution in [2.75, 3.05) is 27.3 Å². The molecule has 0 spiro atoms. The van der Waals surface area contributed by atoms with Crippen LogP contribution in [0.2, 0.25) is 0 Å². The van der Waals surface area contributed by atoms with Gasteiger partial charge in [0.05, 0.1) is 25.8 Å². The van der Waals surface area contributed by atoms with Crippen molar-refractivity contribution in [1.82, 2.24) is 10.2 Å². The van der Waals surface area contributed by atoms with E-state index in [0.29, 0.717) is 46.6 Å². The van der Waals surface area contributed by atoms with Crippen molar-refractivity contribution in [3.8, 4) is 5.75 Å². The number of ketones is 1. The molecule has 0 unspecified atom stereocenters. The maximum absolute atomic E-state index is 13.5. The number of carbonyl (C=O) groups is 3. The van der Waals surface area contributed by atoms with Gasteiger partial charge in [0.1, 0.15) is 17.2 Å². The van der Waals surface area contributed by atoms with E-state index in [-0.39, 0.29) is 35.2 Å². The molecule has 9 heteroatoms. The molecule has 0 saturated carbocycles. The van der Waals surface area contributed by atoms with E-state index in [1.54, 1.807) is 42.3 Å². The van der Waals surface area contributed by atoms with Gasteiger partial charge < -0.3 is 24.1 Å². The summed E-state index contributed by atoms with van der Waals surface area (Å²) >= 11 is 0. The molecule has 2 N–H and O–H groups in total. The second kappa shape index (κ2) is 9.72. The van der Waals surface area contributed by atoms with E-state index in [1.807, 2.05) is 27.7 Å². The van der Waals surface area contributed by atoms with Crippen LogP contribution in [0.3, 0.4) is 0 Å². The third-order valence-corrected chi connectivity index (χ3v) is 6.38. The van der Waals surface area contributed by atoms with Gasteiger partial charge in [0.15, 0.2) is 5.78 Å². The van der Waals surface area contributed by atoms with Crippen molar-refractivity contribution in [2.24, 2.45) is 0 Å². The van der Waals surface area contributed by atoms with Crippen molar-refractivity contribution < 1.29 is 28.3 Å². The first-order chi connectivity index (χ1) is 17.5. The number of benzene rings is 2. The van der Waals surface area contributed by atoms with Gasteiger partial charge in [-0.05, 0) is 48.2 Å². The second-order valence-electron chi connectivity index (χ2n) is 9.94. The SMILES string of the molecule is CCOc1cc2c(cc1C(=O)NC)C(=N)N(CC(=O)c1cc(C(C)(C)C)c3oc(C(=O)OC)cc3c1)C2. The maximum atomic E-state index is 13.5. The van der Waals surface area contributed by atoms with E-state index >= 15 is 0 Å². The standard InChI is InChI=1S/C28H31N3O6/c1-7-36-22-11-17-13-31(25(29)18(17)12-19(22)26(33)30-5)14-21(32)15-8-16-10-23(27(34)35-6)37-24(16)20(9-15)28(2,3)4/h8-12,29H,7,13-14H2,1-6H3,(H,30,33). The van der Waals surface area contributed by atoms with Crippen LogP contribution in [0.15, 0.2) is 34.7 Å². The van der Waals surface area contributed by atoms with Gasteiger partial charge in [-0.15, -0.1) is 0 Å². The number of esters is 1. The number of nitrogens with zero attached hydrogens (tertiary/aromatic N) is 1. The summed E-state index contributed by atoms with van der Waals surface area (Å²) in [5.74, 6) is -0.380. The molecule has 37 heavy (non-hydrogen) atoms. The third-order valence-electron chi connectivity index (χ3n) is 6.38. The number of fused-ring (bicyclic) bond motifs is 2. The third kappa shape index (κ3) is 4.81. The number of rotatable bonds is 7. The van der Waals surface area contributed by atoms with E-state index < -0.39 is 5.97 Å². The number of hydrogen-bond acceptors (Lipinski definition) is 7. The Morgan fingerprint density at radius 1 is 1.14 bits per heavy atom. The smallest absolute Gasteiger partial charge is 0.373 e. The molecule has 0 fully saturated rings. The Hall–Kier alpha value is -4.14. The summed E-state index contributed by atoms with van der Waals surface area (Å²) in [5.41, 5.74) is 3.19. The minimum atomic E-state index is -0.588. The Kier molecular flexibility index (Phi) is 6.82. The molecular weight excluding hydrogens is 474 g/mol. The van der Waals surface area contributed by atoms with Crippen LogP contribution in [-0.2, 0) is 16.7 Å². The van der Waals surface area contributed by atoms with Crippen LogP contribution in [0.1, 0.15) is 75.7 Å². The van der Waals surface area contributed by atoms with Gasteiger partial charge in [-0.2, -0.15) is 0 Å². The molecule has 0 aliphatic carbocycles. The Morgan fingerprint density at radius 2 is 1.86 bits per heavy atom. The summed E-state index contributed by atoms with van der Waals surface area (Å²) in [4.78, 5) is 39.5. The van der Waals surface area contributed by atoms with E-state index in [1.165, 1.54) is 7.11 Å². The van der Waals surface area contributed by atoms with Crippen molar-refractivity contribution in [3.63, 3.8) is 0 Å². The number of furan rings is 1. The first-order valence-electron chi connectivity index (χ1n) is 12.0. The van der Waals surface area contributed by atoms with Crippen molar-refractivity contribution in [1.29, 1.82) is 5.41 Å². The average molecular weight is 506 g/mol. The van der Waals surface area contributed by atoms with Crippen LogP contribution < -0.4 is 10.1 Å². The number of hydrogen-bond donors (Lipinski definition) is 2. The first kappa shape index (κ1) is 25.9. The van der Waals surface area contributed by atoms with Crippen LogP contribution in [0.5, 0.6) is 5.75 Å². The molecule has 0 saturated heterocycles. The number of Topliss-reactive ketones (excluding diaryl/α,β-unsaturated/α-hetero) is 1. The van der Waals surface area contributed by atoms with Gasteiger partial charge in [-0.25, -0.2) is 4.79 Å². The van der Waals surface area contributed by atoms with E-state index in [2.05, 4.69) is 5.32 Å². The highest BCUT2D eigenvalue weighted by molar-refractivity contribution is 6.08. The molecule has 1 aliphatic heterocycles. The molecule has 2 heterocycles. The van der Waals surface area contributed by atoms with Gasteiger partial charge in [0.2, 0.25) is 5.76 Å². The monoisotopic (exact) mass is 505 g/mol. The molecule has 1 aromatic heterocycles. The Bertz CT molecular complexity index is 1430. The van der Waals surface area contributed by atoms with Gasteiger partial charge >= 0.3 is 5.97 Å². The van der Waals surface area contributed by atoms with Crippen LogP contribution in [-0.4, -0.2) is 55.7 Å². The lowest BCUT2D eigenvalue weighted by atomic mass is 9.84. The summed E-state index contributed by atoms with van der Waals surface area (Å²) in [6, 6.07) is 8.49. The van der Waals surface area contributed by atoms with Gasteiger partial charge in [0.25, 0.3) is 5.91 Å². The molecule has 4 rings (SSSR count). The van der Waals surface area contributed by atoms with Crippen LogP contribution in [0.4, 0.5) is 0 Å². The molecule has 0 atom stereocenters. The molecule has 194 valence electrons. The maximum Gasteiger partial charge on any atom is 0.373 e. The molecule has 0 bridgehead atoms. The highest BCUT2D eigenvalue weighted by Gasteiger charge is 2.30. The number of methoxy groups -OCH3 is 1. The zero-order valence-corrected chi connectivity index (χ0v) is 21.9. The minimum Gasteiger partial charge on any atom is -0.493 e. The largest absolute Gasteiger partial charge is 0.493 e. The molecule has 0 radical (unpaired) electrons. The predicted molar refractivity (Wildman–Crippen MR) is 139 cm³/mol. The zero-order chi connectivity index (χ0) is 27.1. The number of ether oxygens (including phenoxy) is 2. The summed E-state index contributed by atoms with van der Waals surface area (Å²) < 4.78 is 16.3. The lowest BCUT2D eigenvalue weighted by Gasteiger charge is -2.21. The molecule has 2 aromatic carbocycles. The quantitative estimate of drug-likeness (QED) is 0.363. The van der Waals surface area contributed by atoms with Gasteiger partial charge in [-0.1, -0.05) is 20.8 Å². The van der Waals surface area contributed by atoms with Crippen molar-refractivity contribution in [3.05, 3.63) is 63.9 Å². The topological polar surface area (TPSA) is 122 Å². The summed E-state index contributed by atoms with van der Waals surface area (Å²) in [6.07, 6.45) is 0. The fraction of sp³-hybridized carbons (Fsp3) is 0.357. The summed E-state index contributed by atoms with van der Waals surface area (Å²) in [6.45, 7) is 8.57. The fourth-order valence-corrected chi connectivity index (χ4v) is 4.49. The van der Waals surface area contributed by atoms with E-state index in [4.69, 9.17) is 19.3 Å². The molecule has 3 aromatic rings. The molecule has 1 amide bonds. The Balaban J connectivity index is 1.66. The van der Waals surface area contributed by atoms with E-state index in [0.717, 1.165) is 11.1 Å². The van der Waals surface area contributed by atoms with Crippen molar-refractivity contribution >= 4 is 34.5 Å². The number of carbonyl (C=O) groups excluding carboxylic acids is 3. The Labute approximate surface area is 215 Å². The van der Waals surface area contributed by atoms with Crippen LogP contribution in [0.25, 0.3) is 11.0 Å². The lowest BCUT2D eigenvalue weighted by Crippen LogP contribution is -2.30. The predicted octanol–water partition coefficient (Wildman–Crippen LogP) is 4.30. The molecular formula is C28H31N3O6. The highest BCUT2D eigenvalue weighted by Crippen LogP contribution is 2.35. The first-order valence-corrected chi connectivity index (χ1v) is 12.0. The highest BCUT2D eigenvalue weighted by atomic mass is 16.5. The molecule has 1 aliphatic rings. The Morgan fingerprint density at radius 3 is 2.49 bits per heavy atom. The number of nitrogens with one attached hydrogen (secondary N) is 2. The number of amides is 1. The lowest BCUT2D eigenvalue weighted by molar-refractivity contribution is 0.0567. The van der Waals surface area contributed by atoms with Crippen LogP contribution >= 0.6 is 0 Å². The number of amidine groups is 1. The van der Waals surface area contributed by atoms with Crippen LogP contribution in [0, 0.1) is 5.41 Å². The van der Waals surface area contributed by atoms with E-state index in [9.17, 15) is 14.4 Å². The minimum absolute atomic E-state index is 0.0242. The molecule has 9 nitrogen and oxygen atoms in total. The zero-order valence-electron chi connectivity index (χ0n) is 21.9. The normalized spacial score (nSPS) is 13.0. The van der Waals surface area contributed by atoms with Crippen molar-refractivity contribution in [2.45, 2.75) is 39.7 Å². The second-order valence-corrected chi connectivity index (χ2v) is 9.94. The average Bonchev–Trinajstić information content (AvgIpc) is 3.42.